The molecule has 5 heteroatoms. The van der Waals surface area contributed by atoms with Gasteiger partial charge < -0.3 is 9.64 Å². The Kier molecular flexibility index (Phi) is 3.05. The maximum Gasteiger partial charge on any atom is 0.418 e. The van der Waals surface area contributed by atoms with Gasteiger partial charge in [0.25, 0.3) is 0 Å². The van der Waals surface area contributed by atoms with Crippen LogP contribution in [0.5, 0.6) is 0 Å². The zero-order valence-corrected chi connectivity index (χ0v) is 8.55. The molecular weight excluding hydrogens is 219 g/mol. The molecule has 0 aliphatic carbocycles. The van der Waals surface area contributed by atoms with Gasteiger partial charge >= 0.3 is 6.18 Å². The lowest BCUT2D eigenvalue weighted by Gasteiger charge is -2.30. The van der Waals surface area contributed by atoms with E-state index < -0.39 is 11.7 Å². The molecule has 0 N–H and O–H groups in total. The highest BCUT2D eigenvalue weighted by Gasteiger charge is 2.34. The lowest BCUT2D eigenvalue weighted by molar-refractivity contribution is -0.137. The third-order valence-electron chi connectivity index (χ3n) is 2.50. The van der Waals surface area contributed by atoms with Crippen molar-refractivity contribution in [2.75, 3.05) is 31.2 Å². The zero-order chi connectivity index (χ0) is 11.6. The van der Waals surface area contributed by atoms with Crippen molar-refractivity contribution in [3.05, 3.63) is 29.8 Å². The number of alkyl halides is 3. The fourth-order valence-electron chi connectivity index (χ4n) is 1.73. The van der Waals surface area contributed by atoms with Crippen molar-refractivity contribution in [2.24, 2.45) is 0 Å². The van der Waals surface area contributed by atoms with Crippen LogP contribution in [0.2, 0.25) is 0 Å². The molecule has 1 aliphatic rings. The number of hydrogen-bond acceptors (Lipinski definition) is 2. The SMILES string of the molecule is FC(F)(F)c1cc[c]cc1N1CCOCC1. The molecule has 1 aromatic rings. The van der Waals surface area contributed by atoms with Gasteiger partial charge in [-0.2, -0.15) is 13.2 Å². The zero-order valence-electron chi connectivity index (χ0n) is 8.55. The van der Waals surface area contributed by atoms with Crippen molar-refractivity contribution in [1.82, 2.24) is 0 Å². The number of rotatable bonds is 1. The summed E-state index contributed by atoms with van der Waals surface area (Å²) in [5.41, 5.74) is -0.411. The average molecular weight is 230 g/mol. The monoisotopic (exact) mass is 230 g/mol. The number of benzene rings is 1. The minimum Gasteiger partial charge on any atom is -0.378 e. The Hall–Kier alpha value is -1.23. The molecule has 1 heterocycles. The fraction of sp³-hybridized carbons (Fsp3) is 0.455. The van der Waals surface area contributed by atoms with E-state index in [1.807, 2.05) is 0 Å². The molecule has 1 aliphatic heterocycles. The minimum atomic E-state index is -4.32. The van der Waals surface area contributed by atoms with Crippen LogP contribution in [0.15, 0.2) is 18.2 Å². The van der Waals surface area contributed by atoms with Crippen molar-refractivity contribution in [2.45, 2.75) is 6.18 Å². The predicted molar refractivity (Wildman–Crippen MR) is 53.3 cm³/mol. The summed E-state index contributed by atoms with van der Waals surface area (Å²) < 4.78 is 43.3. The number of halogens is 3. The third-order valence-corrected chi connectivity index (χ3v) is 2.50. The normalized spacial score (nSPS) is 17.6. The van der Waals surface area contributed by atoms with Gasteiger partial charge in [-0.15, -0.1) is 0 Å². The molecular formula is C11H11F3NO. The molecule has 87 valence electrons. The topological polar surface area (TPSA) is 12.5 Å². The second-order valence-corrected chi connectivity index (χ2v) is 3.54. The first kappa shape index (κ1) is 11.3. The van der Waals surface area contributed by atoms with E-state index in [2.05, 4.69) is 6.07 Å². The average Bonchev–Trinajstić information content (AvgIpc) is 2.29. The van der Waals surface area contributed by atoms with Crippen molar-refractivity contribution in [3.8, 4) is 0 Å². The van der Waals surface area contributed by atoms with Gasteiger partial charge in [-0.3, -0.25) is 0 Å². The van der Waals surface area contributed by atoms with Crippen LogP contribution >= 0.6 is 0 Å². The number of morpholine rings is 1. The minimum absolute atomic E-state index is 0.193. The van der Waals surface area contributed by atoms with Gasteiger partial charge in [0.15, 0.2) is 0 Å². The molecule has 16 heavy (non-hydrogen) atoms. The summed E-state index contributed by atoms with van der Waals surface area (Å²) in [6.45, 7) is 1.90. The van der Waals surface area contributed by atoms with Crippen LogP contribution in [-0.2, 0) is 10.9 Å². The van der Waals surface area contributed by atoms with Crippen molar-refractivity contribution < 1.29 is 17.9 Å². The second-order valence-electron chi connectivity index (χ2n) is 3.54. The molecule has 0 amide bonds. The summed E-state index contributed by atoms with van der Waals surface area (Å²) in [6, 6.07) is 6.42. The third kappa shape index (κ3) is 2.29. The molecule has 1 aromatic carbocycles. The van der Waals surface area contributed by atoms with E-state index in [4.69, 9.17) is 4.74 Å². The van der Waals surface area contributed by atoms with Crippen LogP contribution in [0.1, 0.15) is 5.56 Å². The van der Waals surface area contributed by atoms with Gasteiger partial charge in [0, 0.05) is 18.8 Å². The maximum absolute atomic E-state index is 12.7. The maximum atomic E-state index is 12.7. The fourth-order valence-corrected chi connectivity index (χ4v) is 1.73. The summed E-state index contributed by atoms with van der Waals surface area (Å²) in [7, 11) is 0. The van der Waals surface area contributed by atoms with E-state index in [1.54, 1.807) is 4.90 Å². The van der Waals surface area contributed by atoms with Crippen LogP contribution in [0.4, 0.5) is 18.9 Å². The Balaban J connectivity index is 2.32. The highest BCUT2D eigenvalue weighted by molar-refractivity contribution is 5.54. The number of nitrogens with zero attached hydrogens (tertiary/aromatic N) is 1. The molecule has 0 spiro atoms. The standard InChI is InChI=1S/C11H11F3NO/c12-11(13,14)9-3-1-2-4-10(9)15-5-7-16-8-6-15/h1,3-4H,5-8H2. The lowest BCUT2D eigenvalue weighted by atomic mass is 10.1. The highest BCUT2D eigenvalue weighted by Crippen LogP contribution is 2.36. The molecule has 0 bridgehead atoms. The van der Waals surface area contributed by atoms with Crippen LogP contribution in [0.25, 0.3) is 0 Å². The van der Waals surface area contributed by atoms with Crippen molar-refractivity contribution in [1.29, 1.82) is 0 Å². The van der Waals surface area contributed by atoms with E-state index in [0.717, 1.165) is 6.07 Å². The van der Waals surface area contributed by atoms with Gasteiger partial charge in [-0.1, -0.05) is 6.07 Å². The van der Waals surface area contributed by atoms with Crippen LogP contribution in [0, 0.1) is 6.07 Å². The molecule has 1 saturated heterocycles. The van der Waals surface area contributed by atoms with E-state index >= 15 is 0 Å². The molecule has 2 nitrogen and oxygen atoms in total. The van der Waals surface area contributed by atoms with Crippen LogP contribution < -0.4 is 4.90 Å². The number of ether oxygens (including phenoxy) is 1. The summed E-state index contributed by atoms with van der Waals surface area (Å²) in [6.07, 6.45) is -4.32. The molecule has 2 rings (SSSR count). The first-order valence-electron chi connectivity index (χ1n) is 4.99. The largest absolute Gasteiger partial charge is 0.418 e. The van der Waals surface area contributed by atoms with Crippen LogP contribution in [0.3, 0.4) is 0 Å². The number of anilines is 1. The summed E-state index contributed by atoms with van der Waals surface area (Å²) in [4.78, 5) is 1.68. The van der Waals surface area contributed by atoms with Gasteiger partial charge in [0.2, 0.25) is 0 Å². The van der Waals surface area contributed by atoms with Crippen LogP contribution in [-0.4, -0.2) is 26.3 Å². The molecule has 1 fully saturated rings. The molecule has 1 radical (unpaired) electrons. The summed E-state index contributed by atoms with van der Waals surface area (Å²) >= 11 is 0. The smallest absolute Gasteiger partial charge is 0.378 e. The highest BCUT2D eigenvalue weighted by atomic mass is 19.4. The Morgan fingerprint density at radius 1 is 1.25 bits per heavy atom. The molecule has 0 unspecified atom stereocenters. The van der Waals surface area contributed by atoms with E-state index in [9.17, 15) is 13.2 Å². The lowest BCUT2D eigenvalue weighted by Crippen LogP contribution is -2.37. The van der Waals surface area contributed by atoms with Gasteiger partial charge in [-0.25, -0.2) is 0 Å². The van der Waals surface area contributed by atoms with Gasteiger partial charge in [0.05, 0.1) is 18.8 Å². The van der Waals surface area contributed by atoms with E-state index in [-0.39, 0.29) is 5.69 Å². The Labute approximate surface area is 91.6 Å². The molecule has 0 aromatic heterocycles. The van der Waals surface area contributed by atoms with E-state index in [1.165, 1.54) is 12.1 Å². The predicted octanol–water partition coefficient (Wildman–Crippen LogP) is 2.34. The Morgan fingerprint density at radius 2 is 1.94 bits per heavy atom. The number of hydrogen-bond donors (Lipinski definition) is 0. The molecule has 0 saturated carbocycles. The quantitative estimate of drug-likeness (QED) is 0.734. The molecule has 0 atom stereocenters. The summed E-state index contributed by atoms with van der Waals surface area (Å²) in [5, 5.41) is 0. The summed E-state index contributed by atoms with van der Waals surface area (Å²) in [5.74, 6) is 0. The van der Waals surface area contributed by atoms with Crippen molar-refractivity contribution in [3.63, 3.8) is 0 Å². The first-order valence-corrected chi connectivity index (χ1v) is 4.99. The Morgan fingerprint density at radius 3 is 2.56 bits per heavy atom. The van der Waals surface area contributed by atoms with Gasteiger partial charge in [-0.05, 0) is 18.2 Å². The van der Waals surface area contributed by atoms with Gasteiger partial charge in [0.1, 0.15) is 0 Å². The Bertz CT molecular complexity index is 358. The second kappa shape index (κ2) is 4.33. The van der Waals surface area contributed by atoms with E-state index in [0.29, 0.717) is 26.3 Å². The van der Waals surface area contributed by atoms with Crippen molar-refractivity contribution >= 4 is 5.69 Å². The first-order chi connectivity index (χ1) is 7.59.